The number of hydrogen-bond acceptors (Lipinski definition) is 5. The third kappa shape index (κ3) is 4.69. The fourth-order valence-corrected chi connectivity index (χ4v) is 5.49. The Labute approximate surface area is 231 Å². The monoisotopic (exact) mass is 534 g/mol. The molecule has 2 N–H and O–H groups in total. The van der Waals surface area contributed by atoms with Gasteiger partial charge in [0.15, 0.2) is 5.82 Å². The van der Waals surface area contributed by atoms with Gasteiger partial charge in [0.1, 0.15) is 11.6 Å². The summed E-state index contributed by atoms with van der Waals surface area (Å²) in [5.41, 5.74) is 2.84. The molecule has 5 nitrogen and oxygen atoms in total. The molecule has 3 aromatic carbocycles. The van der Waals surface area contributed by atoms with Crippen molar-refractivity contribution < 1.29 is 13.9 Å². The Hall–Kier alpha value is -4.62. The summed E-state index contributed by atoms with van der Waals surface area (Å²) in [4.78, 5) is 10.6. The van der Waals surface area contributed by atoms with Gasteiger partial charge >= 0.3 is 0 Å². The standard InChI is InChI=1S/C33H28F2N4O/c34-28-13-14-29(39(19-23-8-3-1-4-9-23)20-24-10-5-2-6-11-24)31(35)30(28)33(22-40)21-38-32-27(33)16-26(18-37-32)25-12-7-15-36-17-25/h1-18,40H,19-22H2,(H,37,38). The molecule has 0 amide bonds. The van der Waals surface area contributed by atoms with Crippen LogP contribution in [0.15, 0.2) is 110 Å². The number of aromatic nitrogens is 2. The number of benzene rings is 3. The Morgan fingerprint density at radius 2 is 1.52 bits per heavy atom. The normalized spacial score (nSPS) is 15.9. The van der Waals surface area contributed by atoms with E-state index in [4.69, 9.17) is 0 Å². The number of fused-ring (bicyclic) bond motifs is 1. The van der Waals surface area contributed by atoms with Crippen LogP contribution in [0.25, 0.3) is 11.1 Å². The summed E-state index contributed by atoms with van der Waals surface area (Å²) in [5, 5.41) is 14.0. The summed E-state index contributed by atoms with van der Waals surface area (Å²) in [5.74, 6) is -0.908. The Kier molecular flexibility index (Phi) is 6.97. The molecule has 0 saturated carbocycles. The molecule has 1 aliphatic rings. The van der Waals surface area contributed by atoms with E-state index in [9.17, 15) is 5.11 Å². The maximum atomic E-state index is 16.7. The molecule has 2 aromatic heterocycles. The fraction of sp³-hybridized carbons (Fsp3) is 0.152. The van der Waals surface area contributed by atoms with E-state index in [0.717, 1.165) is 22.3 Å². The van der Waals surface area contributed by atoms with E-state index in [1.807, 2.05) is 83.8 Å². The number of aliphatic hydroxyl groups is 1. The third-order valence-corrected chi connectivity index (χ3v) is 7.55. The Bertz CT molecular complexity index is 1580. The highest BCUT2D eigenvalue weighted by molar-refractivity contribution is 5.70. The van der Waals surface area contributed by atoms with Crippen LogP contribution in [0.3, 0.4) is 0 Å². The first-order valence-electron chi connectivity index (χ1n) is 13.2. The molecule has 0 fully saturated rings. The van der Waals surface area contributed by atoms with Crippen LogP contribution in [0.5, 0.6) is 0 Å². The summed E-state index contributed by atoms with van der Waals surface area (Å²) in [7, 11) is 0. The van der Waals surface area contributed by atoms with Crippen LogP contribution in [0.1, 0.15) is 22.3 Å². The zero-order valence-electron chi connectivity index (χ0n) is 21.8. The van der Waals surface area contributed by atoms with Gasteiger partial charge in [0, 0.05) is 60.5 Å². The van der Waals surface area contributed by atoms with Crippen LogP contribution in [0.4, 0.5) is 20.3 Å². The van der Waals surface area contributed by atoms with Crippen molar-refractivity contribution in [1.29, 1.82) is 0 Å². The molecule has 7 heteroatoms. The quantitative estimate of drug-likeness (QED) is 0.244. The van der Waals surface area contributed by atoms with Gasteiger partial charge in [0.05, 0.1) is 17.7 Å². The summed E-state index contributed by atoms with van der Waals surface area (Å²) < 4.78 is 32.5. The molecule has 0 bridgehead atoms. The highest BCUT2D eigenvalue weighted by atomic mass is 19.1. The van der Waals surface area contributed by atoms with Gasteiger partial charge in [0.25, 0.3) is 0 Å². The molecule has 0 radical (unpaired) electrons. The minimum absolute atomic E-state index is 0.108. The molecule has 0 spiro atoms. The van der Waals surface area contributed by atoms with E-state index in [0.29, 0.717) is 24.5 Å². The Balaban J connectivity index is 1.47. The fourth-order valence-electron chi connectivity index (χ4n) is 5.49. The van der Waals surface area contributed by atoms with Crippen LogP contribution >= 0.6 is 0 Å². The minimum Gasteiger partial charge on any atom is -0.395 e. The lowest BCUT2D eigenvalue weighted by atomic mass is 9.76. The van der Waals surface area contributed by atoms with Gasteiger partial charge in [-0.3, -0.25) is 4.98 Å². The molecular weight excluding hydrogens is 506 g/mol. The van der Waals surface area contributed by atoms with Crippen LogP contribution < -0.4 is 10.2 Å². The first-order valence-corrected chi connectivity index (χ1v) is 13.2. The van der Waals surface area contributed by atoms with E-state index in [2.05, 4.69) is 15.3 Å². The summed E-state index contributed by atoms with van der Waals surface area (Å²) in [6.07, 6.45) is 5.08. The predicted molar refractivity (Wildman–Crippen MR) is 153 cm³/mol. The highest BCUT2D eigenvalue weighted by Crippen LogP contribution is 2.45. The zero-order valence-corrected chi connectivity index (χ0v) is 21.8. The first-order chi connectivity index (χ1) is 19.6. The average molecular weight is 535 g/mol. The Morgan fingerprint density at radius 1 is 0.825 bits per heavy atom. The maximum absolute atomic E-state index is 16.7. The van der Waals surface area contributed by atoms with Gasteiger partial charge in [-0.05, 0) is 35.4 Å². The second kappa shape index (κ2) is 10.9. The largest absolute Gasteiger partial charge is 0.395 e. The summed E-state index contributed by atoms with van der Waals surface area (Å²) in [6, 6.07) is 27.9. The van der Waals surface area contributed by atoms with Gasteiger partial charge in [-0.1, -0.05) is 66.7 Å². The van der Waals surface area contributed by atoms with E-state index < -0.39 is 23.7 Å². The van der Waals surface area contributed by atoms with Crippen molar-refractivity contribution in [3.8, 4) is 11.1 Å². The van der Waals surface area contributed by atoms with Gasteiger partial charge in [-0.25, -0.2) is 13.8 Å². The van der Waals surface area contributed by atoms with Crippen molar-refractivity contribution >= 4 is 11.5 Å². The summed E-state index contributed by atoms with van der Waals surface area (Å²) >= 11 is 0. The molecule has 6 rings (SSSR count). The molecule has 0 saturated heterocycles. The second-order valence-electron chi connectivity index (χ2n) is 10.0. The maximum Gasteiger partial charge on any atom is 0.153 e. The molecular formula is C33H28F2N4O. The van der Waals surface area contributed by atoms with E-state index >= 15 is 8.78 Å². The van der Waals surface area contributed by atoms with Crippen molar-refractivity contribution in [2.75, 3.05) is 23.4 Å². The lowest BCUT2D eigenvalue weighted by molar-refractivity contribution is 0.224. The van der Waals surface area contributed by atoms with Crippen molar-refractivity contribution in [3.05, 3.63) is 143 Å². The lowest BCUT2D eigenvalue weighted by Crippen LogP contribution is -2.37. The number of halogens is 2. The van der Waals surface area contributed by atoms with Crippen molar-refractivity contribution in [2.45, 2.75) is 18.5 Å². The van der Waals surface area contributed by atoms with Crippen LogP contribution in [0.2, 0.25) is 0 Å². The molecule has 1 unspecified atom stereocenters. The Morgan fingerprint density at radius 3 is 2.15 bits per heavy atom. The molecule has 0 aliphatic carbocycles. The van der Waals surface area contributed by atoms with Gasteiger partial charge in [0.2, 0.25) is 0 Å². The topological polar surface area (TPSA) is 61.3 Å². The number of rotatable bonds is 8. The number of nitrogens with zero attached hydrogens (tertiary/aromatic N) is 3. The van der Waals surface area contributed by atoms with Crippen LogP contribution in [-0.4, -0.2) is 28.2 Å². The SMILES string of the molecule is OCC1(c2c(F)ccc(N(Cc3ccccc3)Cc3ccccc3)c2F)CNc2ncc(-c3cccnc3)cc21. The molecule has 1 atom stereocenters. The molecule has 1 aliphatic heterocycles. The average Bonchev–Trinajstić information content (AvgIpc) is 3.37. The highest BCUT2D eigenvalue weighted by Gasteiger charge is 2.45. The van der Waals surface area contributed by atoms with E-state index in [-0.39, 0.29) is 17.8 Å². The molecule has 200 valence electrons. The number of pyridine rings is 2. The van der Waals surface area contributed by atoms with Crippen molar-refractivity contribution in [2.24, 2.45) is 0 Å². The van der Waals surface area contributed by atoms with Crippen LogP contribution in [0, 0.1) is 11.6 Å². The molecule has 5 aromatic rings. The number of hydrogen-bond donors (Lipinski definition) is 2. The van der Waals surface area contributed by atoms with Gasteiger partial charge in [-0.2, -0.15) is 0 Å². The van der Waals surface area contributed by atoms with E-state index in [1.165, 1.54) is 12.1 Å². The number of nitrogens with one attached hydrogen (secondary N) is 1. The minimum atomic E-state index is -1.37. The number of anilines is 2. The van der Waals surface area contributed by atoms with Crippen molar-refractivity contribution in [3.63, 3.8) is 0 Å². The van der Waals surface area contributed by atoms with Crippen LogP contribution in [-0.2, 0) is 18.5 Å². The zero-order chi connectivity index (χ0) is 27.5. The molecule has 40 heavy (non-hydrogen) atoms. The first kappa shape index (κ1) is 25.6. The van der Waals surface area contributed by atoms with Gasteiger partial charge < -0.3 is 15.3 Å². The lowest BCUT2D eigenvalue weighted by Gasteiger charge is -2.32. The summed E-state index contributed by atoms with van der Waals surface area (Å²) in [6.45, 7) is 0.452. The second-order valence-corrected chi connectivity index (χ2v) is 10.0. The molecule has 3 heterocycles. The van der Waals surface area contributed by atoms with E-state index in [1.54, 1.807) is 18.6 Å². The van der Waals surface area contributed by atoms with Gasteiger partial charge in [-0.15, -0.1) is 0 Å². The third-order valence-electron chi connectivity index (χ3n) is 7.55. The van der Waals surface area contributed by atoms with Crippen molar-refractivity contribution in [1.82, 2.24) is 9.97 Å². The number of aliphatic hydroxyl groups excluding tert-OH is 1. The smallest absolute Gasteiger partial charge is 0.153 e. The predicted octanol–water partition coefficient (Wildman–Crippen LogP) is 6.33.